The van der Waals surface area contributed by atoms with E-state index in [2.05, 4.69) is 4.98 Å². The zero-order valence-corrected chi connectivity index (χ0v) is 9.46. The van der Waals surface area contributed by atoms with Crippen LogP contribution in [-0.4, -0.2) is 27.1 Å². The Labute approximate surface area is 103 Å². The molecule has 0 saturated heterocycles. The Morgan fingerprint density at radius 3 is 2.39 bits per heavy atom. The number of hydrogen-bond donors (Lipinski definition) is 2. The van der Waals surface area contributed by atoms with Crippen LogP contribution in [-0.2, 0) is 22.4 Å². The molecular weight excluding hydrogens is 234 g/mol. The van der Waals surface area contributed by atoms with E-state index in [1.165, 1.54) is 0 Å². The smallest absolute Gasteiger partial charge is 0.309 e. The quantitative estimate of drug-likeness (QED) is 0.852. The van der Waals surface area contributed by atoms with Crippen LogP contribution in [0, 0.1) is 0 Å². The van der Waals surface area contributed by atoms with Gasteiger partial charge in [0.2, 0.25) is 0 Å². The first-order valence-corrected chi connectivity index (χ1v) is 5.36. The summed E-state index contributed by atoms with van der Waals surface area (Å²) in [7, 11) is 0. The van der Waals surface area contributed by atoms with Gasteiger partial charge in [-0.05, 0) is 17.0 Å². The van der Waals surface area contributed by atoms with Gasteiger partial charge in [0.1, 0.15) is 0 Å². The lowest BCUT2D eigenvalue weighted by atomic mass is 10.1. The van der Waals surface area contributed by atoms with E-state index < -0.39 is 11.9 Å². The molecule has 1 aromatic heterocycles. The minimum absolute atomic E-state index is 0.0491. The second-order valence-corrected chi connectivity index (χ2v) is 4.00. The molecule has 0 unspecified atom stereocenters. The van der Waals surface area contributed by atoms with Gasteiger partial charge in [0.05, 0.1) is 18.5 Å². The summed E-state index contributed by atoms with van der Waals surface area (Å²) in [6, 6.07) is 6.94. The average molecular weight is 245 g/mol. The zero-order chi connectivity index (χ0) is 13.1. The predicted octanol–water partition coefficient (Wildman–Crippen LogP) is 1.49. The fourth-order valence-corrected chi connectivity index (χ4v) is 1.77. The van der Waals surface area contributed by atoms with Gasteiger partial charge in [-0.3, -0.25) is 14.6 Å². The van der Waals surface area contributed by atoms with Crippen molar-refractivity contribution >= 4 is 22.7 Å². The van der Waals surface area contributed by atoms with Crippen LogP contribution in [0.5, 0.6) is 0 Å². The number of benzene rings is 1. The molecule has 1 heterocycles. The molecule has 2 rings (SSSR count). The molecule has 0 radical (unpaired) electrons. The largest absolute Gasteiger partial charge is 0.481 e. The van der Waals surface area contributed by atoms with Crippen LogP contribution in [0.4, 0.5) is 0 Å². The van der Waals surface area contributed by atoms with E-state index in [-0.39, 0.29) is 12.8 Å². The van der Waals surface area contributed by atoms with Crippen LogP contribution in [0.1, 0.15) is 11.3 Å². The van der Waals surface area contributed by atoms with Crippen molar-refractivity contribution in [3.05, 3.63) is 41.7 Å². The van der Waals surface area contributed by atoms with Crippen LogP contribution in [0.3, 0.4) is 0 Å². The van der Waals surface area contributed by atoms with Gasteiger partial charge in [0.25, 0.3) is 0 Å². The Morgan fingerprint density at radius 1 is 1.00 bits per heavy atom. The lowest BCUT2D eigenvalue weighted by Crippen LogP contribution is -2.02. The average Bonchev–Trinajstić information content (AvgIpc) is 2.26. The topological polar surface area (TPSA) is 87.5 Å². The van der Waals surface area contributed by atoms with Crippen LogP contribution < -0.4 is 0 Å². The monoisotopic (exact) mass is 245 g/mol. The van der Waals surface area contributed by atoms with Gasteiger partial charge in [0, 0.05) is 11.6 Å². The lowest BCUT2D eigenvalue weighted by molar-refractivity contribution is -0.137. The standard InChI is InChI=1S/C13H11NO4/c15-12(16)4-8-1-2-9-7-14-11(6-13(17)18)5-10(9)3-8/h1-3,5,7H,4,6H2,(H,15,16)(H,17,18). The van der Waals surface area contributed by atoms with Crippen molar-refractivity contribution in [1.82, 2.24) is 4.98 Å². The predicted molar refractivity (Wildman–Crippen MR) is 64.4 cm³/mol. The van der Waals surface area contributed by atoms with E-state index in [1.807, 2.05) is 0 Å². The Hall–Kier alpha value is -2.43. The van der Waals surface area contributed by atoms with Gasteiger partial charge in [-0.15, -0.1) is 0 Å². The third-order valence-corrected chi connectivity index (χ3v) is 2.53. The summed E-state index contributed by atoms with van der Waals surface area (Å²) in [6.07, 6.45) is 1.41. The molecule has 5 nitrogen and oxygen atoms in total. The SMILES string of the molecule is O=C(O)Cc1ccc2cnc(CC(=O)O)cc2c1. The van der Waals surface area contributed by atoms with Gasteiger partial charge in [0.15, 0.2) is 0 Å². The summed E-state index contributed by atoms with van der Waals surface area (Å²) in [5.74, 6) is -1.84. The molecule has 0 spiro atoms. The Kier molecular flexibility index (Phi) is 3.23. The lowest BCUT2D eigenvalue weighted by Gasteiger charge is -2.03. The van der Waals surface area contributed by atoms with Crippen molar-refractivity contribution in [2.75, 3.05) is 0 Å². The van der Waals surface area contributed by atoms with E-state index in [4.69, 9.17) is 10.2 Å². The van der Waals surface area contributed by atoms with Gasteiger partial charge >= 0.3 is 11.9 Å². The number of hydrogen-bond acceptors (Lipinski definition) is 3. The van der Waals surface area contributed by atoms with Gasteiger partial charge < -0.3 is 10.2 Å². The molecule has 0 aliphatic rings. The molecule has 0 saturated carbocycles. The molecule has 2 aromatic rings. The van der Waals surface area contributed by atoms with Crippen LogP contribution in [0.2, 0.25) is 0 Å². The second kappa shape index (κ2) is 4.83. The van der Waals surface area contributed by atoms with Gasteiger partial charge in [-0.2, -0.15) is 0 Å². The number of rotatable bonds is 4. The molecule has 0 bridgehead atoms. The molecule has 5 heteroatoms. The van der Waals surface area contributed by atoms with E-state index in [9.17, 15) is 9.59 Å². The summed E-state index contributed by atoms with van der Waals surface area (Å²) < 4.78 is 0. The van der Waals surface area contributed by atoms with Crippen LogP contribution in [0.15, 0.2) is 30.5 Å². The summed E-state index contributed by atoms with van der Waals surface area (Å²) in [4.78, 5) is 25.3. The third-order valence-electron chi connectivity index (χ3n) is 2.53. The first kappa shape index (κ1) is 12.0. The molecule has 0 atom stereocenters. The van der Waals surface area contributed by atoms with Crippen LogP contribution in [0.25, 0.3) is 10.8 Å². The third kappa shape index (κ3) is 2.82. The molecule has 1 aromatic carbocycles. The normalized spacial score (nSPS) is 10.4. The van der Waals surface area contributed by atoms with Crippen molar-refractivity contribution in [2.24, 2.45) is 0 Å². The van der Waals surface area contributed by atoms with Crippen LogP contribution >= 0.6 is 0 Å². The zero-order valence-electron chi connectivity index (χ0n) is 9.46. The maximum Gasteiger partial charge on any atom is 0.309 e. The molecule has 0 amide bonds. The number of fused-ring (bicyclic) bond motifs is 1. The Balaban J connectivity index is 2.39. The van der Waals surface area contributed by atoms with Gasteiger partial charge in [-0.25, -0.2) is 0 Å². The first-order chi connectivity index (χ1) is 8.54. The van der Waals surface area contributed by atoms with E-state index in [0.717, 1.165) is 10.8 Å². The highest BCUT2D eigenvalue weighted by atomic mass is 16.4. The van der Waals surface area contributed by atoms with E-state index in [1.54, 1.807) is 30.5 Å². The van der Waals surface area contributed by atoms with E-state index in [0.29, 0.717) is 11.3 Å². The minimum Gasteiger partial charge on any atom is -0.481 e. The maximum absolute atomic E-state index is 10.6. The number of carbonyl (C=O) groups is 2. The summed E-state index contributed by atoms with van der Waals surface area (Å²) >= 11 is 0. The number of pyridine rings is 1. The highest BCUT2D eigenvalue weighted by Crippen LogP contribution is 2.17. The van der Waals surface area contributed by atoms with Crippen molar-refractivity contribution in [3.63, 3.8) is 0 Å². The molecule has 0 aliphatic carbocycles. The summed E-state index contributed by atoms with van der Waals surface area (Å²) in [5.41, 5.74) is 1.14. The minimum atomic E-state index is -0.941. The fourth-order valence-electron chi connectivity index (χ4n) is 1.77. The summed E-state index contributed by atoms with van der Waals surface area (Å²) in [5, 5.41) is 19.1. The van der Waals surface area contributed by atoms with Crippen molar-refractivity contribution in [3.8, 4) is 0 Å². The highest BCUT2D eigenvalue weighted by Gasteiger charge is 2.05. The number of aromatic nitrogens is 1. The van der Waals surface area contributed by atoms with E-state index >= 15 is 0 Å². The molecular formula is C13H11NO4. The first-order valence-electron chi connectivity index (χ1n) is 5.36. The number of nitrogens with zero attached hydrogens (tertiary/aromatic N) is 1. The number of aliphatic carboxylic acids is 2. The fraction of sp³-hybridized carbons (Fsp3) is 0.154. The highest BCUT2D eigenvalue weighted by molar-refractivity contribution is 5.84. The van der Waals surface area contributed by atoms with Crippen molar-refractivity contribution in [2.45, 2.75) is 12.8 Å². The maximum atomic E-state index is 10.6. The Bertz CT molecular complexity index is 571. The second-order valence-electron chi connectivity index (χ2n) is 4.00. The van der Waals surface area contributed by atoms with Crippen molar-refractivity contribution < 1.29 is 19.8 Å². The summed E-state index contributed by atoms with van der Waals surface area (Å²) in [6.45, 7) is 0. The molecule has 0 fully saturated rings. The number of carboxylic acids is 2. The molecule has 92 valence electrons. The number of carboxylic acid groups (broad SMARTS) is 2. The van der Waals surface area contributed by atoms with Gasteiger partial charge in [-0.1, -0.05) is 18.2 Å². The molecule has 0 aliphatic heterocycles. The molecule has 2 N–H and O–H groups in total. The van der Waals surface area contributed by atoms with Crippen molar-refractivity contribution in [1.29, 1.82) is 0 Å². The Morgan fingerprint density at radius 2 is 1.72 bits per heavy atom. The molecule has 18 heavy (non-hydrogen) atoms.